The highest BCUT2D eigenvalue weighted by Crippen LogP contribution is 2.36. The van der Waals surface area contributed by atoms with Crippen LogP contribution in [0.25, 0.3) is 27.8 Å². The van der Waals surface area contributed by atoms with Crippen LogP contribution in [0.1, 0.15) is 66.4 Å². The number of carboxylic acids is 1. The number of anilines is 1. The third-order valence-corrected chi connectivity index (χ3v) is 6.85. The molecule has 0 fully saturated rings. The highest BCUT2D eigenvalue weighted by Gasteiger charge is 2.24. The molecule has 5 rings (SSSR count). The third-order valence-electron chi connectivity index (χ3n) is 6.85. The Kier molecular flexibility index (Phi) is 7.13. The summed E-state index contributed by atoms with van der Waals surface area (Å²) in [7, 11) is 0. The Labute approximate surface area is 237 Å². The van der Waals surface area contributed by atoms with Crippen LogP contribution in [0.3, 0.4) is 0 Å². The molecule has 3 aromatic heterocycles. The second-order valence-corrected chi connectivity index (χ2v) is 11.3. The fourth-order valence-electron chi connectivity index (χ4n) is 4.94. The summed E-state index contributed by atoms with van der Waals surface area (Å²) in [6.07, 6.45) is 3.33. The minimum atomic E-state index is -1.01. The van der Waals surface area contributed by atoms with Gasteiger partial charge in [0.05, 0.1) is 18.0 Å². The summed E-state index contributed by atoms with van der Waals surface area (Å²) < 4.78 is 3.49. The maximum atomic E-state index is 13.4. The zero-order valence-corrected chi connectivity index (χ0v) is 23.7. The van der Waals surface area contributed by atoms with Crippen molar-refractivity contribution in [3.8, 4) is 11.3 Å². The molecule has 3 heterocycles. The summed E-state index contributed by atoms with van der Waals surface area (Å²) in [5.74, 6) is -0.784. The van der Waals surface area contributed by atoms with Crippen LogP contribution >= 0.6 is 0 Å². The lowest BCUT2D eigenvalue weighted by Crippen LogP contribution is -2.30. The number of imidazole rings is 1. The first kappa shape index (κ1) is 27.6. The monoisotopic (exact) mass is 551 g/mol. The van der Waals surface area contributed by atoms with Crippen molar-refractivity contribution >= 4 is 40.2 Å². The lowest BCUT2D eigenvalue weighted by molar-refractivity contribution is -0.137. The number of aryl methyl sites for hydroxylation is 1. The normalized spacial score (nSPS) is 12.4. The fourth-order valence-corrected chi connectivity index (χ4v) is 4.94. The third kappa shape index (κ3) is 5.70. The van der Waals surface area contributed by atoms with E-state index in [-0.39, 0.29) is 17.9 Å². The molecule has 9 nitrogen and oxygen atoms in total. The van der Waals surface area contributed by atoms with Gasteiger partial charge in [0.1, 0.15) is 17.2 Å². The van der Waals surface area contributed by atoms with Gasteiger partial charge in [-0.15, -0.1) is 0 Å². The van der Waals surface area contributed by atoms with Crippen LogP contribution in [0.5, 0.6) is 0 Å². The van der Waals surface area contributed by atoms with Gasteiger partial charge in [0, 0.05) is 41.4 Å². The zero-order valence-electron chi connectivity index (χ0n) is 23.7. The topological polar surface area (TPSA) is 118 Å². The van der Waals surface area contributed by atoms with Gasteiger partial charge in [-0.25, -0.2) is 4.98 Å². The Morgan fingerprint density at radius 1 is 1.02 bits per heavy atom. The number of carbonyl (C=O) groups is 3. The average molecular weight is 552 g/mol. The van der Waals surface area contributed by atoms with Gasteiger partial charge in [-0.2, -0.15) is 0 Å². The fraction of sp³-hybridized carbons (Fsp3) is 0.250. The van der Waals surface area contributed by atoms with Gasteiger partial charge >= 0.3 is 5.97 Å². The van der Waals surface area contributed by atoms with Crippen LogP contribution in [-0.2, 0) is 4.79 Å². The van der Waals surface area contributed by atoms with E-state index in [9.17, 15) is 19.5 Å². The standard InChI is InChI=1S/C32H33N5O4/c1-19-10-12-21(13-11-19)25(17-28(39)40)33-31(41)22-14-15-36-27(16-22)34-29(30(36)35-32(3,4)5)24-18-37(20(2)38)26-9-7-6-8-23(24)26/h6-16,18,25,35H,17H2,1-5H3,(H,33,41)(H,39,40). The molecular formula is C32H33N5O4. The number of para-hydroxylation sites is 1. The number of aliphatic carboxylic acids is 1. The van der Waals surface area contributed by atoms with E-state index in [1.54, 1.807) is 29.1 Å². The van der Waals surface area contributed by atoms with Crippen molar-refractivity contribution < 1.29 is 19.5 Å². The van der Waals surface area contributed by atoms with Crippen molar-refractivity contribution in [1.82, 2.24) is 19.3 Å². The Morgan fingerprint density at radius 2 is 1.73 bits per heavy atom. The molecule has 1 unspecified atom stereocenters. The Morgan fingerprint density at radius 3 is 2.39 bits per heavy atom. The number of hydrogen-bond donors (Lipinski definition) is 3. The Hall–Kier alpha value is -4.92. The first-order valence-electron chi connectivity index (χ1n) is 13.4. The summed E-state index contributed by atoms with van der Waals surface area (Å²) >= 11 is 0. The summed E-state index contributed by atoms with van der Waals surface area (Å²) in [6.45, 7) is 9.61. The number of amides is 1. The molecule has 0 spiro atoms. The van der Waals surface area contributed by atoms with E-state index in [0.29, 0.717) is 22.5 Å². The molecule has 0 aliphatic rings. The number of benzene rings is 2. The number of nitrogens with one attached hydrogen (secondary N) is 2. The maximum Gasteiger partial charge on any atom is 0.305 e. The molecule has 2 aromatic carbocycles. The molecular weight excluding hydrogens is 518 g/mol. The molecule has 0 saturated heterocycles. The molecule has 0 aliphatic carbocycles. The summed E-state index contributed by atoms with van der Waals surface area (Å²) in [5.41, 5.74) is 4.56. The van der Waals surface area contributed by atoms with E-state index in [2.05, 4.69) is 10.6 Å². The Balaban J connectivity index is 1.58. The van der Waals surface area contributed by atoms with Crippen molar-refractivity contribution in [1.29, 1.82) is 0 Å². The molecule has 0 aliphatic heterocycles. The van der Waals surface area contributed by atoms with Crippen molar-refractivity contribution in [3.05, 3.63) is 89.7 Å². The van der Waals surface area contributed by atoms with Crippen molar-refractivity contribution in [2.75, 3.05) is 5.32 Å². The summed E-state index contributed by atoms with van der Waals surface area (Å²) in [5, 5.41) is 16.8. The number of rotatable bonds is 7. The number of aromatic nitrogens is 3. The minimum Gasteiger partial charge on any atom is -0.481 e. The number of carboxylic acid groups (broad SMARTS) is 1. The molecule has 0 saturated carbocycles. The quantitative estimate of drug-likeness (QED) is 0.226. The largest absolute Gasteiger partial charge is 0.481 e. The first-order chi connectivity index (χ1) is 19.4. The predicted molar refractivity (Wildman–Crippen MR) is 159 cm³/mol. The zero-order chi connectivity index (χ0) is 29.5. The molecule has 41 heavy (non-hydrogen) atoms. The van der Waals surface area contributed by atoms with Crippen molar-refractivity contribution in [3.63, 3.8) is 0 Å². The van der Waals surface area contributed by atoms with Gasteiger partial charge in [-0.05, 0) is 51.5 Å². The van der Waals surface area contributed by atoms with Crippen LogP contribution < -0.4 is 10.6 Å². The van der Waals surface area contributed by atoms with Gasteiger partial charge < -0.3 is 15.7 Å². The molecule has 9 heteroatoms. The van der Waals surface area contributed by atoms with Gasteiger partial charge in [0.2, 0.25) is 5.91 Å². The van der Waals surface area contributed by atoms with Crippen LogP contribution in [0, 0.1) is 6.92 Å². The van der Waals surface area contributed by atoms with E-state index in [1.165, 1.54) is 6.92 Å². The molecule has 1 atom stereocenters. The van der Waals surface area contributed by atoms with E-state index >= 15 is 0 Å². The lowest BCUT2D eigenvalue weighted by Gasteiger charge is -2.22. The van der Waals surface area contributed by atoms with Gasteiger partial charge in [-0.1, -0.05) is 48.0 Å². The van der Waals surface area contributed by atoms with E-state index in [0.717, 1.165) is 27.8 Å². The molecule has 1 amide bonds. The van der Waals surface area contributed by atoms with Gasteiger partial charge in [0.15, 0.2) is 0 Å². The second kappa shape index (κ2) is 10.6. The van der Waals surface area contributed by atoms with Crippen molar-refractivity contribution in [2.45, 2.75) is 52.6 Å². The summed E-state index contributed by atoms with van der Waals surface area (Å²) in [4.78, 5) is 42.3. The number of hydrogen-bond acceptors (Lipinski definition) is 5. The van der Waals surface area contributed by atoms with E-state index in [4.69, 9.17) is 4.98 Å². The van der Waals surface area contributed by atoms with E-state index in [1.807, 2.05) is 80.6 Å². The highest BCUT2D eigenvalue weighted by molar-refractivity contribution is 6.03. The smallest absolute Gasteiger partial charge is 0.305 e. The van der Waals surface area contributed by atoms with Gasteiger partial charge in [-0.3, -0.25) is 23.4 Å². The minimum absolute atomic E-state index is 0.106. The van der Waals surface area contributed by atoms with Crippen LogP contribution in [-0.4, -0.2) is 42.4 Å². The number of carbonyl (C=O) groups excluding carboxylic acids is 2. The predicted octanol–water partition coefficient (Wildman–Crippen LogP) is 6.08. The second-order valence-electron chi connectivity index (χ2n) is 11.3. The maximum absolute atomic E-state index is 13.4. The number of pyridine rings is 1. The lowest BCUT2D eigenvalue weighted by atomic mass is 10.0. The Bertz CT molecular complexity index is 1790. The number of fused-ring (bicyclic) bond motifs is 2. The van der Waals surface area contributed by atoms with Crippen LogP contribution in [0.15, 0.2) is 73.1 Å². The molecule has 5 aromatic rings. The molecule has 0 bridgehead atoms. The molecule has 3 N–H and O–H groups in total. The van der Waals surface area contributed by atoms with Crippen molar-refractivity contribution in [2.24, 2.45) is 0 Å². The number of nitrogens with zero attached hydrogens (tertiary/aromatic N) is 3. The van der Waals surface area contributed by atoms with Gasteiger partial charge in [0.25, 0.3) is 5.91 Å². The van der Waals surface area contributed by atoms with Crippen LogP contribution in [0.2, 0.25) is 0 Å². The van der Waals surface area contributed by atoms with Crippen LogP contribution in [0.4, 0.5) is 5.82 Å². The summed E-state index contributed by atoms with van der Waals surface area (Å²) in [6, 6.07) is 17.8. The average Bonchev–Trinajstić information content (AvgIpc) is 3.45. The first-order valence-corrected chi connectivity index (χ1v) is 13.4. The molecule has 0 radical (unpaired) electrons. The molecule has 210 valence electrons. The SMILES string of the molecule is CC(=O)n1cc(-c2nc3cc(C(=O)NC(CC(=O)O)c4ccc(C)cc4)ccn3c2NC(C)(C)C)c2ccccc21. The van der Waals surface area contributed by atoms with E-state index < -0.39 is 17.9 Å². The highest BCUT2D eigenvalue weighted by atomic mass is 16.4.